The van der Waals surface area contributed by atoms with E-state index in [2.05, 4.69) is 19.9 Å². The number of hydrogen-bond donors (Lipinski definition) is 0. The molecule has 1 aliphatic rings. The molecule has 0 aromatic heterocycles. The normalized spacial score (nSPS) is 19.1. The molecule has 1 heterocycles. The second kappa shape index (κ2) is 10.6. The van der Waals surface area contributed by atoms with Gasteiger partial charge in [-0.05, 0) is 25.7 Å². The number of esters is 2. The minimum Gasteiger partial charge on any atom is -0.393 e. The third-order valence-electron chi connectivity index (χ3n) is 4.10. The molecule has 1 unspecified atom stereocenters. The summed E-state index contributed by atoms with van der Waals surface area (Å²) in [5, 5.41) is 0. The fourth-order valence-electron chi connectivity index (χ4n) is 2.79. The van der Waals surface area contributed by atoms with Gasteiger partial charge in [-0.2, -0.15) is 0 Å². The van der Waals surface area contributed by atoms with Crippen molar-refractivity contribution in [1.82, 2.24) is 0 Å². The largest absolute Gasteiger partial charge is 0.393 e. The maximum absolute atomic E-state index is 11.8. The predicted molar refractivity (Wildman–Crippen MR) is 84.8 cm³/mol. The molecule has 0 bridgehead atoms. The van der Waals surface area contributed by atoms with E-state index in [0.29, 0.717) is 0 Å². The van der Waals surface area contributed by atoms with Crippen molar-refractivity contribution in [2.24, 2.45) is 5.92 Å². The Morgan fingerprint density at radius 3 is 2.29 bits per heavy atom. The van der Waals surface area contributed by atoms with Gasteiger partial charge in [0.1, 0.15) is 0 Å². The van der Waals surface area contributed by atoms with Crippen molar-refractivity contribution in [3.8, 4) is 0 Å². The van der Waals surface area contributed by atoms with Gasteiger partial charge >= 0.3 is 11.9 Å². The lowest BCUT2D eigenvalue weighted by Crippen LogP contribution is -2.11. The minimum absolute atomic E-state index is 0.243. The van der Waals surface area contributed by atoms with E-state index in [1.165, 1.54) is 44.9 Å². The zero-order valence-electron chi connectivity index (χ0n) is 13.7. The molecule has 0 aliphatic carbocycles. The highest BCUT2D eigenvalue weighted by Gasteiger charge is 2.35. The van der Waals surface area contributed by atoms with E-state index in [9.17, 15) is 9.59 Å². The predicted octanol–water partition coefficient (Wildman–Crippen LogP) is 4.94. The van der Waals surface area contributed by atoms with Crippen molar-refractivity contribution in [1.29, 1.82) is 0 Å². The second-order valence-corrected chi connectivity index (χ2v) is 5.99. The standard InChI is InChI=1S/C18H30O3/c1-3-5-7-9-11-13-15(12-10-8-6-4-2)16-14-17(19)21-18(16)20/h13,16H,3-12,14H2,1-2H3. The molecule has 1 atom stereocenters. The second-order valence-electron chi connectivity index (χ2n) is 5.99. The topological polar surface area (TPSA) is 43.4 Å². The Hall–Kier alpha value is -1.12. The quantitative estimate of drug-likeness (QED) is 0.234. The van der Waals surface area contributed by atoms with Crippen LogP contribution >= 0.6 is 0 Å². The van der Waals surface area contributed by atoms with Crippen LogP contribution in [0.15, 0.2) is 11.6 Å². The first-order valence-electron chi connectivity index (χ1n) is 8.62. The third-order valence-corrected chi connectivity index (χ3v) is 4.10. The lowest BCUT2D eigenvalue weighted by atomic mass is 9.91. The van der Waals surface area contributed by atoms with E-state index in [1.807, 2.05) is 0 Å². The molecule has 1 rings (SSSR count). The van der Waals surface area contributed by atoms with Gasteiger partial charge in [-0.25, -0.2) is 0 Å². The molecule has 0 radical (unpaired) electrons. The van der Waals surface area contributed by atoms with Crippen LogP contribution in [0.25, 0.3) is 0 Å². The Balaban J connectivity index is 2.50. The van der Waals surface area contributed by atoms with E-state index >= 15 is 0 Å². The molecular formula is C18H30O3. The number of allylic oxidation sites excluding steroid dienone is 1. The summed E-state index contributed by atoms with van der Waals surface area (Å²) in [6.07, 6.45) is 14.0. The number of carbonyl (C=O) groups is 2. The van der Waals surface area contributed by atoms with Crippen LogP contribution in [0, 0.1) is 5.92 Å². The van der Waals surface area contributed by atoms with Gasteiger partial charge < -0.3 is 4.74 Å². The molecule has 3 heteroatoms. The summed E-state index contributed by atoms with van der Waals surface area (Å²) in [5.74, 6) is -1.00. The average molecular weight is 294 g/mol. The van der Waals surface area contributed by atoms with E-state index in [0.717, 1.165) is 24.8 Å². The van der Waals surface area contributed by atoms with Crippen molar-refractivity contribution >= 4 is 11.9 Å². The molecule has 1 aliphatic heterocycles. The van der Waals surface area contributed by atoms with E-state index in [-0.39, 0.29) is 24.3 Å². The Kier molecular flexibility index (Phi) is 9.04. The maximum atomic E-state index is 11.8. The van der Waals surface area contributed by atoms with Crippen LogP contribution in [0.2, 0.25) is 0 Å². The fraction of sp³-hybridized carbons (Fsp3) is 0.778. The molecule has 120 valence electrons. The van der Waals surface area contributed by atoms with E-state index < -0.39 is 0 Å². The number of ether oxygens (including phenoxy) is 1. The van der Waals surface area contributed by atoms with Gasteiger partial charge in [0.2, 0.25) is 0 Å². The van der Waals surface area contributed by atoms with E-state index in [1.54, 1.807) is 0 Å². The number of hydrogen-bond acceptors (Lipinski definition) is 3. The Bertz CT molecular complexity index is 357. The van der Waals surface area contributed by atoms with E-state index in [4.69, 9.17) is 4.74 Å². The van der Waals surface area contributed by atoms with Gasteiger partial charge in [0.25, 0.3) is 0 Å². The van der Waals surface area contributed by atoms with Crippen LogP contribution in [-0.4, -0.2) is 11.9 Å². The molecule has 0 N–H and O–H groups in total. The van der Waals surface area contributed by atoms with Crippen molar-refractivity contribution in [3.05, 3.63) is 11.6 Å². The Morgan fingerprint density at radius 1 is 1.05 bits per heavy atom. The Morgan fingerprint density at radius 2 is 1.71 bits per heavy atom. The molecule has 1 fully saturated rings. The van der Waals surface area contributed by atoms with Crippen molar-refractivity contribution in [2.75, 3.05) is 0 Å². The number of carbonyl (C=O) groups excluding carboxylic acids is 2. The van der Waals surface area contributed by atoms with Crippen molar-refractivity contribution in [3.63, 3.8) is 0 Å². The first kappa shape index (κ1) is 17.9. The molecule has 3 nitrogen and oxygen atoms in total. The molecule has 21 heavy (non-hydrogen) atoms. The van der Waals surface area contributed by atoms with Crippen LogP contribution in [0.4, 0.5) is 0 Å². The lowest BCUT2D eigenvalue weighted by molar-refractivity contribution is -0.152. The Labute approximate surface area is 129 Å². The van der Waals surface area contributed by atoms with Crippen LogP contribution in [0.5, 0.6) is 0 Å². The van der Waals surface area contributed by atoms with Crippen molar-refractivity contribution < 1.29 is 14.3 Å². The highest BCUT2D eigenvalue weighted by molar-refractivity contribution is 5.96. The summed E-state index contributed by atoms with van der Waals surface area (Å²) in [6.45, 7) is 4.40. The molecule has 0 spiro atoms. The highest BCUT2D eigenvalue weighted by Crippen LogP contribution is 2.28. The van der Waals surface area contributed by atoms with Crippen molar-refractivity contribution in [2.45, 2.75) is 84.5 Å². The number of cyclic esters (lactones) is 2. The summed E-state index contributed by atoms with van der Waals surface area (Å²) in [7, 11) is 0. The average Bonchev–Trinajstić information content (AvgIpc) is 2.80. The van der Waals surface area contributed by atoms with Crippen LogP contribution in [0.1, 0.15) is 84.5 Å². The first-order chi connectivity index (χ1) is 10.2. The smallest absolute Gasteiger partial charge is 0.321 e. The molecule has 0 amide bonds. The maximum Gasteiger partial charge on any atom is 0.321 e. The first-order valence-corrected chi connectivity index (χ1v) is 8.62. The van der Waals surface area contributed by atoms with Gasteiger partial charge in [0.15, 0.2) is 0 Å². The molecule has 0 aromatic carbocycles. The monoisotopic (exact) mass is 294 g/mol. The summed E-state index contributed by atoms with van der Waals surface area (Å²) in [4.78, 5) is 23.1. The number of rotatable bonds is 11. The lowest BCUT2D eigenvalue weighted by Gasteiger charge is -2.11. The fourth-order valence-corrected chi connectivity index (χ4v) is 2.79. The van der Waals surface area contributed by atoms with Crippen LogP contribution < -0.4 is 0 Å². The zero-order chi connectivity index (χ0) is 15.5. The van der Waals surface area contributed by atoms with Crippen LogP contribution in [-0.2, 0) is 14.3 Å². The van der Waals surface area contributed by atoms with Gasteiger partial charge in [0, 0.05) is 0 Å². The van der Waals surface area contributed by atoms with Crippen LogP contribution in [0.3, 0.4) is 0 Å². The van der Waals surface area contributed by atoms with Gasteiger partial charge in [-0.15, -0.1) is 0 Å². The molecular weight excluding hydrogens is 264 g/mol. The summed E-state index contributed by atoms with van der Waals surface area (Å²) in [6, 6.07) is 0. The summed E-state index contributed by atoms with van der Waals surface area (Å²) < 4.78 is 4.71. The third kappa shape index (κ3) is 6.92. The summed E-state index contributed by atoms with van der Waals surface area (Å²) >= 11 is 0. The molecule has 1 saturated heterocycles. The highest BCUT2D eigenvalue weighted by atomic mass is 16.6. The minimum atomic E-state index is -0.365. The van der Waals surface area contributed by atoms with Gasteiger partial charge in [-0.1, -0.05) is 64.0 Å². The number of unbranched alkanes of at least 4 members (excludes halogenated alkanes) is 7. The van der Waals surface area contributed by atoms with Gasteiger partial charge in [-0.3, -0.25) is 9.59 Å². The SMILES string of the molecule is CCCCCCC=C(CCCCCC)C1CC(=O)OC1=O. The molecule has 0 aromatic rings. The van der Waals surface area contributed by atoms with Gasteiger partial charge in [0.05, 0.1) is 12.3 Å². The zero-order valence-corrected chi connectivity index (χ0v) is 13.7. The summed E-state index contributed by atoms with van der Waals surface area (Å²) in [5.41, 5.74) is 1.14. The molecule has 0 saturated carbocycles.